The second-order valence-corrected chi connectivity index (χ2v) is 8.31. The van der Waals surface area contributed by atoms with Gasteiger partial charge in [-0.2, -0.15) is 0 Å². The second kappa shape index (κ2) is 5.51. The average Bonchev–Trinajstić information content (AvgIpc) is 3.36. The highest BCUT2D eigenvalue weighted by molar-refractivity contribution is 6.23. The van der Waals surface area contributed by atoms with E-state index in [0.717, 1.165) is 0 Å². The molecule has 146 valence electrons. The van der Waals surface area contributed by atoms with Gasteiger partial charge in [0.2, 0.25) is 18.6 Å². The van der Waals surface area contributed by atoms with Crippen LogP contribution in [0.5, 0.6) is 11.5 Å². The molecule has 0 N–H and O–H groups in total. The number of ether oxygens (including phenoxy) is 2. The molecule has 2 unspecified atom stereocenters. The van der Waals surface area contributed by atoms with Crippen LogP contribution in [-0.2, 0) is 9.59 Å². The second-order valence-electron chi connectivity index (χ2n) is 8.31. The number of hydrogen-bond donors (Lipinski definition) is 0. The Morgan fingerprint density at radius 2 is 1.17 bits per heavy atom. The maximum Gasteiger partial charge on any atom is 0.238 e. The van der Waals surface area contributed by atoms with E-state index in [4.69, 9.17) is 9.47 Å². The van der Waals surface area contributed by atoms with Gasteiger partial charge in [-0.25, -0.2) is 4.90 Å². The van der Waals surface area contributed by atoms with Crippen LogP contribution in [0.15, 0.2) is 66.7 Å². The van der Waals surface area contributed by atoms with Crippen molar-refractivity contribution in [3.05, 3.63) is 89.0 Å². The third-order valence-corrected chi connectivity index (χ3v) is 7.06. The van der Waals surface area contributed by atoms with Crippen molar-refractivity contribution in [2.45, 2.75) is 11.8 Å². The van der Waals surface area contributed by atoms with E-state index in [-0.39, 0.29) is 42.3 Å². The van der Waals surface area contributed by atoms with E-state index in [1.54, 1.807) is 18.2 Å². The van der Waals surface area contributed by atoms with E-state index in [1.807, 2.05) is 24.3 Å². The van der Waals surface area contributed by atoms with Crippen molar-refractivity contribution in [1.82, 2.24) is 0 Å². The smallest absolute Gasteiger partial charge is 0.238 e. The predicted octanol–water partition coefficient (Wildman–Crippen LogP) is 3.81. The minimum atomic E-state index is -0.377. The van der Waals surface area contributed by atoms with Gasteiger partial charge in [0.05, 0.1) is 17.5 Å². The number of carbonyl (C=O) groups excluding carboxylic acids is 2. The highest BCUT2D eigenvalue weighted by Crippen LogP contribution is 2.61. The van der Waals surface area contributed by atoms with E-state index in [0.29, 0.717) is 17.2 Å². The number of nitrogens with zero attached hydrogens (tertiary/aromatic N) is 1. The number of imide groups is 1. The van der Waals surface area contributed by atoms with Gasteiger partial charge >= 0.3 is 0 Å². The summed E-state index contributed by atoms with van der Waals surface area (Å²) in [7, 11) is 0. The standard InChI is InChI=1S/C25H17NO4/c27-24-22-20-14-5-1-2-6-15(14)21(17-8-4-3-7-16(17)20)23(22)25(28)26(24)13-9-10-18-19(11-13)30-12-29-18/h1-11,20-23H,12H2. The molecule has 5 heteroatoms. The summed E-state index contributed by atoms with van der Waals surface area (Å²) in [5.74, 6) is 0.0135. The number of rotatable bonds is 1. The fourth-order valence-corrected chi connectivity index (χ4v) is 5.96. The number of benzene rings is 3. The molecule has 2 atom stereocenters. The van der Waals surface area contributed by atoms with Crippen LogP contribution in [0.2, 0.25) is 0 Å². The number of amides is 2. The van der Waals surface area contributed by atoms with Gasteiger partial charge in [-0.05, 0) is 34.4 Å². The molecule has 0 radical (unpaired) electrons. The van der Waals surface area contributed by atoms with Crippen LogP contribution in [0.25, 0.3) is 0 Å². The minimum Gasteiger partial charge on any atom is -0.454 e. The van der Waals surface area contributed by atoms with Gasteiger partial charge in [0.1, 0.15) is 0 Å². The van der Waals surface area contributed by atoms with Crippen LogP contribution in [-0.4, -0.2) is 18.6 Å². The van der Waals surface area contributed by atoms with Crippen molar-refractivity contribution in [2.75, 3.05) is 11.7 Å². The first-order valence-corrected chi connectivity index (χ1v) is 10.2. The number of anilines is 1. The summed E-state index contributed by atoms with van der Waals surface area (Å²) in [6.07, 6.45) is 0. The topological polar surface area (TPSA) is 55.8 Å². The Hall–Kier alpha value is -3.60. The largest absolute Gasteiger partial charge is 0.454 e. The molecule has 5 nitrogen and oxygen atoms in total. The highest BCUT2D eigenvalue weighted by atomic mass is 16.7. The normalized spacial score (nSPS) is 27.1. The van der Waals surface area contributed by atoms with E-state index in [9.17, 15) is 9.59 Å². The third kappa shape index (κ3) is 1.83. The summed E-state index contributed by atoms with van der Waals surface area (Å²) in [6, 6.07) is 21.8. The zero-order valence-electron chi connectivity index (χ0n) is 15.9. The zero-order chi connectivity index (χ0) is 20.0. The van der Waals surface area contributed by atoms with Gasteiger partial charge in [-0.1, -0.05) is 48.5 Å². The van der Waals surface area contributed by atoms with Gasteiger partial charge in [0.25, 0.3) is 0 Å². The molecule has 2 heterocycles. The lowest BCUT2D eigenvalue weighted by Gasteiger charge is -2.45. The molecular weight excluding hydrogens is 378 g/mol. The van der Waals surface area contributed by atoms with Gasteiger partial charge in [-0.15, -0.1) is 0 Å². The molecule has 1 fully saturated rings. The van der Waals surface area contributed by atoms with E-state index < -0.39 is 0 Å². The summed E-state index contributed by atoms with van der Waals surface area (Å²) < 4.78 is 10.9. The Kier molecular flexibility index (Phi) is 2.98. The Morgan fingerprint density at radius 3 is 1.70 bits per heavy atom. The summed E-state index contributed by atoms with van der Waals surface area (Å²) >= 11 is 0. The van der Waals surface area contributed by atoms with Crippen molar-refractivity contribution in [3.8, 4) is 11.5 Å². The van der Waals surface area contributed by atoms with Crippen molar-refractivity contribution in [3.63, 3.8) is 0 Å². The molecule has 0 aromatic heterocycles. The van der Waals surface area contributed by atoms with Crippen LogP contribution in [0, 0.1) is 11.8 Å². The molecule has 3 aliphatic carbocycles. The molecule has 3 aromatic rings. The van der Waals surface area contributed by atoms with Gasteiger partial charge in [0.15, 0.2) is 11.5 Å². The maximum atomic E-state index is 13.7. The Morgan fingerprint density at radius 1 is 0.667 bits per heavy atom. The molecule has 8 rings (SSSR count). The number of fused-ring (bicyclic) bond motifs is 1. The SMILES string of the molecule is O=C1C2C3c4ccccc4C(c4ccccc43)C2C(=O)N1c1ccc2c(c1)OCO2. The predicted molar refractivity (Wildman–Crippen MR) is 109 cm³/mol. The first-order chi connectivity index (χ1) is 14.7. The lowest BCUT2D eigenvalue weighted by Crippen LogP contribution is -2.41. The van der Waals surface area contributed by atoms with E-state index in [1.165, 1.54) is 27.2 Å². The molecule has 5 aliphatic rings. The van der Waals surface area contributed by atoms with Gasteiger partial charge < -0.3 is 9.47 Å². The lowest BCUT2D eigenvalue weighted by atomic mass is 9.55. The van der Waals surface area contributed by atoms with E-state index >= 15 is 0 Å². The Balaban J connectivity index is 1.41. The molecule has 0 spiro atoms. The third-order valence-electron chi connectivity index (χ3n) is 7.06. The Bertz CT molecular complexity index is 1150. The molecule has 1 saturated heterocycles. The van der Waals surface area contributed by atoms with Crippen LogP contribution in [0.1, 0.15) is 34.1 Å². The fourth-order valence-electron chi connectivity index (χ4n) is 5.96. The molecule has 30 heavy (non-hydrogen) atoms. The first kappa shape index (κ1) is 16.2. The number of hydrogen-bond acceptors (Lipinski definition) is 4. The van der Waals surface area contributed by atoms with Crippen LogP contribution in [0.4, 0.5) is 5.69 Å². The van der Waals surface area contributed by atoms with Gasteiger partial charge in [0, 0.05) is 17.9 Å². The van der Waals surface area contributed by atoms with Crippen molar-refractivity contribution < 1.29 is 19.1 Å². The van der Waals surface area contributed by atoms with Crippen molar-refractivity contribution >= 4 is 17.5 Å². The molecule has 2 amide bonds. The summed E-state index contributed by atoms with van der Waals surface area (Å²) in [4.78, 5) is 28.8. The average molecular weight is 395 g/mol. The molecular formula is C25H17NO4. The molecule has 3 aromatic carbocycles. The zero-order valence-corrected chi connectivity index (χ0v) is 15.9. The van der Waals surface area contributed by atoms with E-state index in [2.05, 4.69) is 24.3 Å². The molecule has 2 bridgehead atoms. The number of carbonyl (C=O) groups is 2. The summed E-state index contributed by atoms with van der Waals surface area (Å²) in [6.45, 7) is 0.153. The first-order valence-electron chi connectivity index (χ1n) is 10.2. The fraction of sp³-hybridized carbons (Fsp3) is 0.200. The quantitative estimate of drug-likeness (QED) is 0.588. The maximum absolute atomic E-state index is 13.7. The van der Waals surface area contributed by atoms with Crippen LogP contribution >= 0.6 is 0 Å². The van der Waals surface area contributed by atoms with Gasteiger partial charge in [-0.3, -0.25) is 9.59 Å². The molecule has 2 aliphatic heterocycles. The van der Waals surface area contributed by atoms with Crippen LogP contribution < -0.4 is 14.4 Å². The highest BCUT2D eigenvalue weighted by Gasteiger charge is 2.61. The minimum absolute atomic E-state index is 0.0946. The monoisotopic (exact) mass is 395 g/mol. The lowest BCUT2D eigenvalue weighted by molar-refractivity contribution is -0.122. The summed E-state index contributed by atoms with van der Waals surface area (Å²) in [5, 5.41) is 0. The summed E-state index contributed by atoms with van der Waals surface area (Å²) in [5.41, 5.74) is 5.26. The van der Waals surface area contributed by atoms with Crippen molar-refractivity contribution in [2.24, 2.45) is 11.8 Å². The van der Waals surface area contributed by atoms with Crippen molar-refractivity contribution in [1.29, 1.82) is 0 Å². The van der Waals surface area contributed by atoms with Crippen LogP contribution in [0.3, 0.4) is 0 Å². The molecule has 0 saturated carbocycles. The Labute approximate surface area is 172 Å².